The van der Waals surface area contributed by atoms with Gasteiger partial charge in [0, 0.05) is 5.92 Å². The van der Waals surface area contributed by atoms with Crippen LogP contribution >= 0.6 is 0 Å². The lowest BCUT2D eigenvalue weighted by Gasteiger charge is -2.10. The summed E-state index contributed by atoms with van der Waals surface area (Å²) < 4.78 is 0. The van der Waals surface area contributed by atoms with E-state index in [-0.39, 0.29) is 18.2 Å². The second-order valence-corrected chi connectivity index (χ2v) is 3.54. The van der Waals surface area contributed by atoms with E-state index in [2.05, 4.69) is 5.32 Å². The van der Waals surface area contributed by atoms with Crippen LogP contribution in [0.15, 0.2) is 0 Å². The predicted molar refractivity (Wildman–Crippen MR) is 53.1 cm³/mol. The summed E-state index contributed by atoms with van der Waals surface area (Å²) in [5, 5.41) is 10.7. The van der Waals surface area contributed by atoms with E-state index in [4.69, 9.17) is 10.8 Å². The highest BCUT2D eigenvalue weighted by Crippen LogP contribution is 1.93. The number of carbonyl (C=O) groups is 3. The van der Waals surface area contributed by atoms with Crippen LogP contribution < -0.4 is 11.1 Å². The van der Waals surface area contributed by atoms with Crippen molar-refractivity contribution in [3.05, 3.63) is 0 Å². The Hall–Kier alpha value is -1.43. The molecular weight excluding hydrogens is 200 g/mol. The largest absolute Gasteiger partial charge is 0.481 e. The van der Waals surface area contributed by atoms with Crippen LogP contribution in [0.1, 0.15) is 20.3 Å². The minimum Gasteiger partial charge on any atom is -0.481 e. The molecule has 0 aliphatic carbocycles. The number of carboxylic acid groups (broad SMARTS) is 1. The quantitative estimate of drug-likeness (QED) is 0.534. The Morgan fingerprint density at radius 2 is 1.87 bits per heavy atom. The molecule has 0 heterocycles. The SMILES string of the molecule is CC(C)C(=O)CNC(=O)[C@@H](N)CC(=O)O. The third kappa shape index (κ3) is 5.79. The number of hydrogen-bond donors (Lipinski definition) is 3. The lowest BCUT2D eigenvalue weighted by Crippen LogP contribution is -2.44. The topological polar surface area (TPSA) is 109 Å². The summed E-state index contributed by atoms with van der Waals surface area (Å²) in [6.45, 7) is 3.32. The van der Waals surface area contributed by atoms with Gasteiger partial charge in [0.25, 0.3) is 0 Å². The first-order valence-electron chi connectivity index (χ1n) is 4.62. The van der Waals surface area contributed by atoms with Gasteiger partial charge in [0.15, 0.2) is 5.78 Å². The third-order valence-corrected chi connectivity index (χ3v) is 1.81. The molecule has 6 nitrogen and oxygen atoms in total. The Morgan fingerprint density at radius 1 is 1.33 bits per heavy atom. The van der Waals surface area contributed by atoms with Crippen molar-refractivity contribution in [1.82, 2.24) is 5.32 Å². The fourth-order valence-electron chi connectivity index (χ4n) is 0.790. The molecule has 1 atom stereocenters. The number of ketones is 1. The fraction of sp³-hybridized carbons (Fsp3) is 0.667. The highest BCUT2D eigenvalue weighted by atomic mass is 16.4. The predicted octanol–water partition coefficient (Wildman–Crippen LogP) is -0.870. The molecule has 0 unspecified atom stereocenters. The monoisotopic (exact) mass is 216 g/mol. The van der Waals surface area contributed by atoms with E-state index in [0.717, 1.165) is 0 Å². The van der Waals surface area contributed by atoms with E-state index < -0.39 is 24.3 Å². The molecule has 6 heteroatoms. The molecule has 0 saturated heterocycles. The lowest BCUT2D eigenvalue weighted by atomic mass is 10.1. The fourth-order valence-corrected chi connectivity index (χ4v) is 0.790. The molecule has 0 rings (SSSR count). The molecule has 15 heavy (non-hydrogen) atoms. The van der Waals surface area contributed by atoms with Crippen molar-refractivity contribution in [2.45, 2.75) is 26.3 Å². The zero-order valence-corrected chi connectivity index (χ0v) is 8.82. The molecule has 0 aliphatic heterocycles. The average Bonchev–Trinajstić information content (AvgIpc) is 2.12. The van der Waals surface area contributed by atoms with Crippen LogP contribution in [0.2, 0.25) is 0 Å². The van der Waals surface area contributed by atoms with Crippen molar-refractivity contribution in [2.75, 3.05) is 6.54 Å². The number of rotatable bonds is 6. The van der Waals surface area contributed by atoms with Crippen LogP contribution in [0.5, 0.6) is 0 Å². The molecule has 0 aliphatic rings. The first-order valence-corrected chi connectivity index (χ1v) is 4.62. The van der Waals surface area contributed by atoms with Gasteiger partial charge in [-0.15, -0.1) is 0 Å². The molecule has 0 fully saturated rings. The van der Waals surface area contributed by atoms with Crippen LogP contribution in [-0.4, -0.2) is 35.4 Å². The van der Waals surface area contributed by atoms with Gasteiger partial charge < -0.3 is 16.2 Å². The van der Waals surface area contributed by atoms with Gasteiger partial charge in [-0.2, -0.15) is 0 Å². The van der Waals surface area contributed by atoms with Gasteiger partial charge in [0.05, 0.1) is 19.0 Å². The first kappa shape index (κ1) is 13.6. The number of Topliss-reactive ketones (excluding diaryl/α,β-unsaturated/α-hetero) is 1. The highest BCUT2D eigenvalue weighted by Gasteiger charge is 2.17. The third-order valence-electron chi connectivity index (χ3n) is 1.81. The summed E-state index contributed by atoms with van der Waals surface area (Å²) in [5.41, 5.74) is 5.28. The van der Waals surface area contributed by atoms with Crippen LogP contribution in [0.25, 0.3) is 0 Å². The number of amides is 1. The van der Waals surface area contributed by atoms with E-state index in [1.165, 1.54) is 0 Å². The van der Waals surface area contributed by atoms with Crippen LogP contribution in [-0.2, 0) is 14.4 Å². The Balaban J connectivity index is 3.93. The van der Waals surface area contributed by atoms with Crippen molar-refractivity contribution >= 4 is 17.7 Å². The molecule has 4 N–H and O–H groups in total. The van der Waals surface area contributed by atoms with Crippen molar-refractivity contribution in [2.24, 2.45) is 11.7 Å². The van der Waals surface area contributed by atoms with Crippen molar-refractivity contribution < 1.29 is 19.5 Å². The summed E-state index contributed by atoms with van der Waals surface area (Å²) in [6.07, 6.45) is -0.443. The van der Waals surface area contributed by atoms with E-state index in [9.17, 15) is 14.4 Å². The van der Waals surface area contributed by atoms with Gasteiger partial charge in [-0.05, 0) is 0 Å². The molecule has 1 amide bonds. The van der Waals surface area contributed by atoms with Gasteiger partial charge in [-0.3, -0.25) is 14.4 Å². The standard InChI is InChI=1S/C9H16N2O4/c1-5(2)7(12)4-11-9(15)6(10)3-8(13)14/h5-6H,3-4,10H2,1-2H3,(H,11,15)(H,13,14)/t6-/m0/s1. The maximum absolute atomic E-state index is 11.2. The molecule has 0 bridgehead atoms. The molecule has 0 aromatic heterocycles. The number of carbonyl (C=O) groups excluding carboxylic acids is 2. The Kier molecular flexibility index (Phi) is 5.54. The molecule has 0 radical (unpaired) electrons. The summed E-state index contributed by atoms with van der Waals surface area (Å²) in [4.78, 5) is 32.5. The molecule has 0 aromatic rings. The van der Waals surface area contributed by atoms with Crippen LogP contribution in [0.3, 0.4) is 0 Å². The van der Waals surface area contributed by atoms with E-state index in [1.54, 1.807) is 13.8 Å². The molecule has 0 saturated carbocycles. The number of aliphatic carboxylic acids is 1. The number of nitrogens with one attached hydrogen (secondary N) is 1. The number of carboxylic acids is 1. The second kappa shape index (κ2) is 6.13. The zero-order valence-electron chi connectivity index (χ0n) is 8.82. The van der Waals surface area contributed by atoms with Crippen molar-refractivity contribution in [3.63, 3.8) is 0 Å². The Bertz CT molecular complexity index is 263. The maximum Gasteiger partial charge on any atom is 0.305 e. The van der Waals surface area contributed by atoms with Gasteiger partial charge in [0.1, 0.15) is 0 Å². The van der Waals surface area contributed by atoms with E-state index >= 15 is 0 Å². The molecule has 0 aromatic carbocycles. The summed E-state index contributed by atoms with van der Waals surface area (Å²) >= 11 is 0. The lowest BCUT2D eigenvalue weighted by molar-refractivity contribution is -0.139. The summed E-state index contributed by atoms with van der Waals surface area (Å²) in [6, 6.07) is -1.11. The smallest absolute Gasteiger partial charge is 0.305 e. The van der Waals surface area contributed by atoms with Crippen molar-refractivity contribution in [1.29, 1.82) is 0 Å². The Morgan fingerprint density at radius 3 is 2.27 bits per heavy atom. The number of nitrogens with two attached hydrogens (primary N) is 1. The second-order valence-electron chi connectivity index (χ2n) is 3.54. The summed E-state index contributed by atoms with van der Waals surface area (Å²) in [5.74, 6) is -2.05. The molecule has 0 spiro atoms. The van der Waals surface area contributed by atoms with Gasteiger partial charge >= 0.3 is 5.97 Å². The average molecular weight is 216 g/mol. The zero-order chi connectivity index (χ0) is 12.0. The van der Waals surface area contributed by atoms with E-state index in [1.807, 2.05) is 0 Å². The van der Waals surface area contributed by atoms with Crippen LogP contribution in [0, 0.1) is 5.92 Å². The summed E-state index contributed by atoms with van der Waals surface area (Å²) in [7, 11) is 0. The minimum atomic E-state index is -1.15. The van der Waals surface area contributed by atoms with Crippen LogP contribution in [0.4, 0.5) is 0 Å². The first-order chi connectivity index (χ1) is 6.84. The van der Waals surface area contributed by atoms with E-state index in [0.29, 0.717) is 0 Å². The number of hydrogen-bond acceptors (Lipinski definition) is 4. The highest BCUT2D eigenvalue weighted by molar-refractivity contribution is 5.90. The molecular formula is C9H16N2O4. The van der Waals surface area contributed by atoms with Gasteiger partial charge in [-0.25, -0.2) is 0 Å². The van der Waals surface area contributed by atoms with Crippen molar-refractivity contribution in [3.8, 4) is 0 Å². The maximum atomic E-state index is 11.2. The Labute approximate surface area is 87.8 Å². The van der Waals surface area contributed by atoms with Gasteiger partial charge in [-0.1, -0.05) is 13.8 Å². The normalized spacial score (nSPS) is 12.3. The minimum absolute atomic E-state index is 0.107. The molecule has 86 valence electrons. The van der Waals surface area contributed by atoms with Gasteiger partial charge in [0.2, 0.25) is 5.91 Å².